The van der Waals surface area contributed by atoms with Gasteiger partial charge in [-0.05, 0) is 35.9 Å². The summed E-state index contributed by atoms with van der Waals surface area (Å²) in [5.74, 6) is -1.10. The van der Waals surface area contributed by atoms with Crippen molar-refractivity contribution in [2.75, 3.05) is 6.54 Å². The van der Waals surface area contributed by atoms with Gasteiger partial charge in [-0.2, -0.15) is 0 Å². The van der Waals surface area contributed by atoms with E-state index < -0.39 is 17.8 Å². The molecule has 0 aliphatic heterocycles. The SMILES string of the molecule is O=C(NCC(O)c1ccc(Cl)c(F)c1)c1cccc(O)c1. The molecule has 21 heavy (non-hydrogen) atoms. The molecule has 0 radical (unpaired) electrons. The molecule has 0 saturated carbocycles. The Hall–Kier alpha value is -2.11. The Kier molecular flexibility index (Phi) is 4.77. The van der Waals surface area contributed by atoms with Crippen molar-refractivity contribution in [2.45, 2.75) is 6.10 Å². The number of carbonyl (C=O) groups is 1. The zero-order chi connectivity index (χ0) is 15.4. The van der Waals surface area contributed by atoms with E-state index in [1.807, 2.05) is 0 Å². The van der Waals surface area contributed by atoms with Gasteiger partial charge in [0.15, 0.2) is 0 Å². The summed E-state index contributed by atoms with van der Waals surface area (Å²) in [5.41, 5.74) is 0.581. The smallest absolute Gasteiger partial charge is 0.251 e. The van der Waals surface area contributed by atoms with Crippen molar-refractivity contribution in [1.29, 1.82) is 0 Å². The van der Waals surface area contributed by atoms with E-state index in [0.29, 0.717) is 5.56 Å². The fraction of sp³-hybridized carbons (Fsp3) is 0.133. The lowest BCUT2D eigenvalue weighted by molar-refractivity contribution is 0.0916. The van der Waals surface area contributed by atoms with Crippen LogP contribution in [0.2, 0.25) is 5.02 Å². The van der Waals surface area contributed by atoms with Crippen molar-refractivity contribution < 1.29 is 19.4 Å². The largest absolute Gasteiger partial charge is 0.508 e. The van der Waals surface area contributed by atoms with Crippen molar-refractivity contribution in [3.8, 4) is 5.75 Å². The summed E-state index contributed by atoms with van der Waals surface area (Å²) < 4.78 is 13.3. The highest BCUT2D eigenvalue weighted by molar-refractivity contribution is 6.30. The first kappa shape index (κ1) is 15.3. The van der Waals surface area contributed by atoms with E-state index in [4.69, 9.17) is 11.6 Å². The first-order valence-corrected chi connectivity index (χ1v) is 6.55. The van der Waals surface area contributed by atoms with Gasteiger partial charge in [-0.3, -0.25) is 4.79 Å². The molecule has 0 saturated heterocycles. The zero-order valence-corrected chi connectivity index (χ0v) is 11.6. The molecule has 3 N–H and O–H groups in total. The summed E-state index contributed by atoms with van der Waals surface area (Å²) in [5, 5.41) is 21.7. The fourth-order valence-corrected chi connectivity index (χ4v) is 1.89. The number of phenolic OH excluding ortho intramolecular Hbond substituents is 1. The minimum absolute atomic E-state index is 0.0250. The normalized spacial score (nSPS) is 12.0. The van der Waals surface area contributed by atoms with Crippen molar-refractivity contribution in [2.24, 2.45) is 0 Å². The maximum absolute atomic E-state index is 13.3. The number of hydrogen-bond acceptors (Lipinski definition) is 3. The molecule has 0 bridgehead atoms. The van der Waals surface area contributed by atoms with E-state index >= 15 is 0 Å². The van der Waals surface area contributed by atoms with Crippen molar-refractivity contribution in [3.63, 3.8) is 0 Å². The summed E-state index contributed by atoms with van der Waals surface area (Å²) >= 11 is 5.56. The second-order valence-corrected chi connectivity index (χ2v) is 4.86. The zero-order valence-electron chi connectivity index (χ0n) is 10.9. The molecule has 1 unspecified atom stereocenters. The number of rotatable bonds is 4. The third-order valence-corrected chi connectivity index (χ3v) is 3.20. The van der Waals surface area contributed by atoms with E-state index in [0.717, 1.165) is 6.07 Å². The molecule has 1 atom stereocenters. The van der Waals surface area contributed by atoms with E-state index in [-0.39, 0.29) is 22.9 Å². The van der Waals surface area contributed by atoms with Gasteiger partial charge in [0.2, 0.25) is 0 Å². The van der Waals surface area contributed by atoms with Crippen LogP contribution in [0.5, 0.6) is 5.75 Å². The second-order valence-electron chi connectivity index (χ2n) is 4.45. The van der Waals surface area contributed by atoms with Crippen LogP contribution in [0.15, 0.2) is 42.5 Å². The minimum Gasteiger partial charge on any atom is -0.508 e. The van der Waals surface area contributed by atoms with Gasteiger partial charge in [0.05, 0.1) is 11.1 Å². The summed E-state index contributed by atoms with van der Waals surface area (Å²) in [4.78, 5) is 11.8. The Morgan fingerprint density at radius 2 is 2.05 bits per heavy atom. The van der Waals surface area contributed by atoms with Crippen LogP contribution >= 0.6 is 11.6 Å². The molecule has 4 nitrogen and oxygen atoms in total. The Balaban J connectivity index is 1.99. The molecular formula is C15H13ClFNO3. The van der Waals surface area contributed by atoms with Crippen LogP contribution in [0.1, 0.15) is 22.0 Å². The van der Waals surface area contributed by atoms with Crippen LogP contribution < -0.4 is 5.32 Å². The topological polar surface area (TPSA) is 69.6 Å². The summed E-state index contributed by atoms with van der Waals surface area (Å²) in [6.07, 6.45) is -1.06. The number of carbonyl (C=O) groups excluding carboxylic acids is 1. The number of phenols is 1. The summed E-state index contributed by atoms with van der Waals surface area (Å²) in [7, 11) is 0. The van der Waals surface area contributed by atoms with Crippen LogP contribution in [-0.4, -0.2) is 22.7 Å². The third kappa shape index (κ3) is 3.93. The predicted molar refractivity (Wildman–Crippen MR) is 76.8 cm³/mol. The average Bonchev–Trinajstić information content (AvgIpc) is 2.47. The Bertz CT molecular complexity index is 663. The number of amides is 1. The molecule has 6 heteroatoms. The molecule has 2 aromatic rings. The average molecular weight is 310 g/mol. The molecule has 0 heterocycles. The number of benzene rings is 2. The van der Waals surface area contributed by atoms with Crippen LogP contribution in [0, 0.1) is 5.82 Å². The number of aliphatic hydroxyl groups is 1. The molecule has 0 aromatic heterocycles. The maximum Gasteiger partial charge on any atom is 0.251 e. The molecule has 2 aromatic carbocycles. The Morgan fingerprint density at radius 1 is 1.29 bits per heavy atom. The fourth-order valence-electron chi connectivity index (χ4n) is 1.78. The summed E-state index contributed by atoms with van der Waals surface area (Å²) in [6, 6.07) is 9.76. The van der Waals surface area contributed by atoms with E-state index in [1.165, 1.54) is 36.4 Å². The monoisotopic (exact) mass is 309 g/mol. The van der Waals surface area contributed by atoms with Crippen LogP contribution in [-0.2, 0) is 0 Å². The summed E-state index contributed by atoms with van der Waals surface area (Å²) in [6.45, 7) is -0.0877. The second kappa shape index (κ2) is 6.56. The van der Waals surface area contributed by atoms with E-state index in [1.54, 1.807) is 0 Å². The molecule has 0 fully saturated rings. The Labute approximate surface area is 125 Å². The first-order valence-electron chi connectivity index (χ1n) is 6.17. The van der Waals surface area contributed by atoms with Gasteiger partial charge in [-0.25, -0.2) is 4.39 Å². The van der Waals surface area contributed by atoms with Gasteiger partial charge in [0.25, 0.3) is 5.91 Å². The molecular weight excluding hydrogens is 297 g/mol. The number of aliphatic hydroxyl groups excluding tert-OH is 1. The molecule has 1 amide bonds. The quantitative estimate of drug-likeness (QED) is 0.813. The number of aromatic hydroxyl groups is 1. The van der Waals surface area contributed by atoms with Crippen molar-refractivity contribution in [3.05, 3.63) is 64.4 Å². The van der Waals surface area contributed by atoms with E-state index in [9.17, 15) is 19.4 Å². The third-order valence-electron chi connectivity index (χ3n) is 2.89. The minimum atomic E-state index is -1.06. The van der Waals surface area contributed by atoms with Gasteiger partial charge in [-0.1, -0.05) is 23.7 Å². The van der Waals surface area contributed by atoms with Gasteiger partial charge < -0.3 is 15.5 Å². The molecule has 0 spiro atoms. The standard InChI is InChI=1S/C15H13ClFNO3/c16-12-5-4-9(7-13(12)17)14(20)8-18-15(21)10-2-1-3-11(19)6-10/h1-7,14,19-20H,8H2,(H,18,21). The van der Waals surface area contributed by atoms with Gasteiger partial charge in [0.1, 0.15) is 11.6 Å². The number of halogens is 2. The van der Waals surface area contributed by atoms with Crippen LogP contribution in [0.3, 0.4) is 0 Å². The van der Waals surface area contributed by atoms with Crippen LogP contribution in [0.4, 0.5) is 4.39 Å². The van der Waals surface area contributed by atoms with Gasteiger partial charge in [0, 0.05) is 12.1 Å². The first-order chi connectivity index (χ1) is 9.97. The maximum atomic E-state index is 13.3. The molecule has 110 valence electrons. The highest BCUT2D eigenvalue weighted by Gasteiger charge is 2.13. The Morgan fingerprint density at radius 3 is 2.71 bits per heavy atom. The van der Waals surface area contributed by atoms with Gasteiger partial charge in [-0.15, -0.1) is 0 Å². The molecule has 0 aliphatic carbocycles. The lowest BCUT2D eigenvalue weighted by atomic mass is 10.1. The highest BCUT2D eigenvalue weighted by atomic mass is 35.5. The highest BCUT2D eigenvalue weighted by Crippen LogP contribution is 2.20. The lowest BCUT2D eigenvalue weighted by Gasteiger charge is -2.13. The van der Waals surface area contributed by atoms with Crippen molar-refractivity contribution >= 4 is 17.5 Å². The van der Waals surface area contributed by atoms with Crippen molar-refractivity contribution in [1.82, 2.24) is 5.32 Å². The molecule has 2 rings (SSSR count). The van der Waals surface area contributed by atoms with Gasteiger partial charge >= 0.3 is 0 Å². The number of nitrogens with one attached hydrogen (secondary N) is 1. The lowest BCUT2D eigenvalue weighted by Crippen LogP contribution is -2.28. The number of hydrogen-bond donors (Lipinski definition) is 3. The molecule has 0 aliphatic rings. The van der Waals surface area contributed by atoms with E-state index in [2.05, 4.69) is 5.32 Å². The predicted octanol–water partition coefficient (Wildman–Crippen LogP) is 2.65. The van der Waals surface area contributed by atoms with Crippen LogP contribution in [0.25, 0.3) is 0 Å².